The monoisotopic (exact) mass is 438 g/mol. The minimum absolute atomic E-state index is 0.0442. The minimum atomic E-state index is -0.295. The van der Waals surface area contributed by atoms with Crippen LogP contribution in [0.25, 0.3) is 0 Å². The highest BCUT2D eigenvalue weighted by molar-refractivity contribution is 6.00. The fourth-order valence-electron chi connectivity index (χ4n) is 4.60. The Hall–Kier alpha value is -2.25. The van der Waals surface area contributed by atoms with E-state index < -0.39 is 0 Å². The van der Waals surface area contributed by atoms with E-state index in [9.17, 15) is 4.79 Å². The first-order chi connectivity index (χ1) is 15.6. The van der Waals surface area contributed by atoms with Gasteiger partial charge in [-0.05, 0) is 43.7 Å². The Kier molecular flexibility index (Phi) is 7.92. The van der Waals surface area contributed by atoms with Crippen LogP contribution in [0.2, 0.25) is 0 Å². The smallest absolute Gasteiger partial charge is 0.181 e. The predicted octanol–water partition coefficient (Wildman–Crippen LogP) is 3.43. The van der Waals surface area contributed by atoms with Crippen LogP contribution in [0.4, 0.5) is 0 Å². The van der Waals surface area contributed by atoms with Crippen molar-refractivity contribution in [3.05, 3.63) is 65.7 Å². The average Bonchev–Trinajstić information content (AvgIpc) is 2.84. The zero-order chi connectivity index (χ0) is 22.3. The van der Waals surface area contributed by atoms with Crippen molar-refractivity contribution in [3.8, 4) is 5.75 Å². The summed E-state index contributed by atoms with van der Waals surface area (Å²) in [5.74, 6) is 0.926. The third-order valence-electron chi connectivity index (χ3n) is 6.10. The summed E-state index contributed by atoms with van der Waals surface area (Å²) in [6.45, 7) is 9.80. The maximum absolute atomic E-state index is 14.1. The lowest BCUT2D eigenvalue weighted by Crippen LogP contribution is -2.55. The average molecular weight is 439 g/mol. The molecule has 2 unspecified atom stereocenters. The van der Waals surface area contributed by atoms with Gasteiger partial charge in [0.2, 0.25) is 0 Å². The lowest BCUT2D eigenvalue weighted by atomic mass is 9.89. The topological polar surface area (TPSA) is 51.2 Å². The van der Waals surface area contributed by atoms with Crippen molar-refractivity contribution in [2.75, 3.05) is 52.6 Å². The van der Waals surface area contributed by atoms with E-state index in [1.165, 1.54) is 5.56 Å². The number of rotatable bonds is 8. The Morgan fingerprint density at radius 2 is 1.38 bits per heavy atom. The summed E-state index contributed by atoms with van der Waals surface area (Å²) >= 11 is 0. The molecule has 0 N–H and O–H groups in total. The van der Waals surface area contributed by atoms with Crippen molar-refractivity contribution in [3.63, 3.8) is 0 Å². The second kappa shape index (κ2) is 11.1. The fourth-order valence-corrected chi connectivity index (χ4v) is 4.60. The highest BCUT2D eigenvalue weighted by Crippen LogP contribution is 2.32. The molecule has 4 rings (SSSR count). The van der Waals surface area contributed by atoms with E-state index >= 15 is 0 Å². The SMILES string of the molecule is CC(C)Oc1ccc(C(=O)C(C(c2ccccc2)N2CCOCC2)N2CCOCC2)cc1. The number of ketones is 1. The summed E-state index contributed by atoms with van der Waals surface area (Å²) in [5.41, 5.74) is 1.88. The van der Waals surface area contributed by atoms with E-state index in [1.54, 1.807) is 0 Å². The number of hydrogen-bond donors (Lipinski definition) is 0. The molecule has 6 nitrogen and oxygen atoms in total. The highest BCUT2D eigenvalue weighted by atomic mass is 16.5. The summed E-state index contributed by atoms with van der Waals surface area (Å²) in [6, 6.07) is 17.7. The number of benzene rings is 2. The van der Waals surface area contributed by atoms with Gasteiger partial charge in [-0.15, -0.1) is 0 Å². The van der Waals surface area contributed by atoms with Crippen LogP contribution >= 0.6 is 0 Å². The Morgan fingerprint density at radius 3 is 1.94 bits per heavy atom. The molecule has 0 amide bonds. The maximum atomic E-state index is 14.1. The molecule has 32 heavy (non-hydrogen) atoms. The van der Waals surface area contributed by atoms with Gasteiger partial charge in [-0.1, -0.05) is 30.3 Å². The molecule has 2 fully saturated rings. The van der Waals surface area contributed by atoms with Gasteiger partial charge in [0, 0.05) is 31.7 Å². The van der Waals surface area contributed by atoms with Crippen LogP contribution < -0.4 is 4.74 Å². The largest absolute Gasteiger partial charge is 0.491 e. The van der Waals surface area contributed by atoms with Crippen molar-refractivity contribution in [1.82, 2.24) is 9.80 Å². The van der Waals surface area contributed by atoms with Gasteiger partial charge in [0.25, 0.3) is 0 Å². The first kappa shape index (κ1) is 22.9. The molecule has 2 atom stereocenters. The molecule has 0 aliphatic carbocycles. The molecule has 2 aliphatic heterocycles. The van der Waals surface area contributed by atoms with Gasteiger partial charge < -0.3 is 14.2 Å². The number of morpholine rings is 2. The third kappa shape index (κ3) is 5.56. The van der Waals surface area contributed by atoms with Crippen LogP contribution in [0.1, 0.15) is 35.8 Å². The third-order valence-corrected chi connectivity index (χ3v) is 6.10. The highest BCUT2D eigenvalue weighted by Gasteiger charge is 2.39. The van der Waals surface area contributed by atoms with Crippen molar-refractivity contribution in [1.29, 1.82) is 0 Å². The van der Waals surface area contributed by atoms with Crippen molar-refractivity contribution in [2.24, 2.45) is 0 Å². The molecular weight excluding hydrogens is 404 g/mol. The van der Waals surface area contributed by atoms with Gasteiger partial charge in [0.05, 0.1) is 44.6 Å². The molecule has 2 heterocycles. The van der Waals surface area contributed by atoms with Crippen molar-refractivity contribution in [2.45, 2.75) is 32.0 Å². The number of carbonyl (C=O) groups is 1. The van der Waals surface area contributed by atoms with Gasteiger partial charge >= 0.3 is 0 Å². The van der Waals surface area contributed by atoms with E-state index in [-0.39, 0.29) is 24.0 Å². The van der Waals surface area contributed by atoms with Gasteiger partial charge in [-0.25, -0.2) is 0 Å². The lowest BCUT2D eigenvalue weighted by molar-refractivity contribution is -0.0301. The molecule has 172 valence electrons. The molecule has 0 aromatic heterocycles. The number of ether oxygens (including phenoxy) is 3. The molecule has 2 aromatic rings. The van der Waals surface area contributed by atoms with Gasteiger partial charge in [-0.3, -0.25) is 14.6 Å². The fraction of sp³-hybridized carbons (Fsp3) is 0.500. The Bertz CT molecular complexity index is 844. The Morgan fingerprint density at radius 1 is 0.812 bits per heavy atom. The lowest BCUT2D eigenvalue weighted by Gasteiger charge is -2.44. The van der Waals surface area contributed by atoms with Gasteiger partial charge in [0.15, 0.2) is 5.78 Å². The standard InChI is InChI=1S/C26H34N2O4/c1-20(2)32-23-10-8-22(9-11-23)26(29)25(28-14-18-31-19-15-28)24(21-6-4-3-5-7-21)27-12-16-30-17-13-27/h3-11,20,24-25H,12-19H2,1-2H3. The van der Waals surface area contributed by atoms with Crippen molar-refractivity contribution >= 4 is 5.78 Å². The quantitative estimate of drug-likeness (QED) is 0.589. The summed E-state index contributed by atoms with van der Waals surface area (Å²) in [4.78, 5) is 18.8. The van der Waals surface area contributed by atoms with Crippen LogP contribution in [0.5, 0.6) is 5.75 Å². The van der Waals surface area contributed by atoms with Crippen LogP contribution in [-0.4, -0.2) is 80.3 Å². The van der Waals surface area contributed by atoms with Crippen LogP contribution in [0.15, 0.2) is 54.6 Å². The zero-order valence-electron chi connectivity index (χ0n) is 19.1. The molecule has 0 radical (unpaired) electrons. The summed E-state index contributed by atoms with van der Waals surface area (Å²) in [6.07, 6.45) is 0.0985. The van der Waals surface area contributed by atoms with Crippen LogP contribution in [-0.2, 0) is 9.47 Å². The second-order valence-corrected chi connectivity index (χ2v) is 8.65. The second-order valence-electron chi connectivity index (χ2n) is 8.65. The van der Waals surface area contributed by atoms with Gasteiger partial charge in [0.1, 0.15) is 5.75 Å². The summed E-state index contributed by atoms with van der Waals surface area (Å²) in [7, 11) is 0. The van der Waals surface area contributed by atoms with Crippen molar-refractivity contribution < 1.29 is 19.0 Å². The Balaban J connectivity index is 1.69. The van der Waals surface area contributed by atoms with Crippen LogP contribution in [0.3, 0.4) is 0 Å². The summed E-state index contributed by atoms with van der Waals surface area (Å²) < 4.78 is 17.0. The molecule has 6 heteroatoms. The first-order valence-corrected chi connectivity index (χ1v) is 11.6. The Labute approximate surface area is 191 Å². The normalized spacial score (nSPS) is 20.1. The van der Waals surface area contributed by atoms with E-state index in [2.05, 4.69) is 34.1 Å². The number of nitrogens with zero attached hydrogens (tertiary/aromatic N) is 2. The molecular formula is C26H34N2O4. The minimum Gasteiger partial charge on any atom is -0.491 e. The number of Topliss-reactive ketones (excluding diaryl/α,β-unsaturated/α-hetero) is 1. The zero-order valence-corrected chi connectivity index (χ0v) is 19.1. The predicted molar refractivity (Wildman–Crippen MR) is 124 cm³/mol. The van der Waals surface area contributed by atoms with Crippen LogP contribution in [0, 0.1) is 0 Å². The molecule has 0 spiro atoms. The van der Waals surface area contributed by atoms with Gasteiger partial charge in [-0.2, -0.15) is 0 Å². The molecule has 2 aromatic carbocycles. The van der Waals surface area contributed by atoms with E-state index in [1.807, 2.05) is 44.2 Å². The van der Waals surface area contributed by atoms with E-state index in [0.717, 1.165) is 31.9 Å². The van der Waals surface area contributed by atoms with E-state index in [0.29, 0.717) is 32.0 Å². The maximum Gasteiger partial charge on any atom is 0.181 e. The number of carbonyl (C=O) groups excluding carboxylic acids is 1. The molecule has 0 bridgehead atoms. The molecule has 2 aliphatic rings. The molecule has 0 saturated carbocycles. The first-order valence-electron chi connectivity index (χ1n) is 11.6. The summed E-state index contributed by atoms with van der Waals surface area (Å²) in [5, 5.41) is 0. The number of hydrogen-bond acceptors (Lipinski definition) is 6. The van der Waals surface area contributed by atoms with E-state index in [4.69, 9.17) is 14.2 Å². The molecule has 2 saturated heterocycles.